The van der Waals surface area contributed by atoms with E-state index in [-0.39, 0.29) is 25.0 Å². The molecule has 0 bridgehead atoms. The molecule has 2 N–H and O–H groups in total. The minimum Gasteiger partial charge on any atom is -0.462 e. The molecule has 3 aromatic rings. The monoisotopic (exact) mass is 609 g/mol. The fraction of sp³-hybridized carbons (Fsp3) is 0.355. The normalized spacial score (nSPS) is 13.5. The predicted octanol–water partition coefficient (Wildman–Crippen LogP) is 6.65. The molecule has 3 amide bonds. The van der Waals surface area contributed by atoms with Crippen molar-refractivity contribution in [2.75, 3.05) is 23.8 Å². The lowest BCUT2D eigenvalue weighted by atomic mass is 10.0. The smallest absolute Gasteiger partial charge is 0.410 e. The van der Waals surface area contributed by atoms with Crippen molar-refractivity contribution in [1.29, 1.82) is 0 Å². The SMILES string of the molecule is CCOC(=O)c1c(NC(=O)C(Sc2cccc(NC(C)=O)c2)c2ccccc2)sc2c1CCN(C(=O)OC(C)(C)C)C2. The molecule has 42 heavy (non-hydrogen) atoms. The molecule has 0 saturated carbocycles. The minimum atomic E-state index is -0.661. The van der Waals surface area contributed by atoms with Crippen LogP contribution in [0.2, 0.25) is 0 Å². The first-order valence-corrected chi connectivity index (χ1v) is 15.3. The fourth-order valence-corrected chi connectivity index (χ4v) is 6.80. The Kier molecular flexibility index (Phi) is 9.95. The lowest BCUT2D eigenvalue weighted by molar-refractivity contribution is -0.116. The molecule has 0 saturated heterocycles. The number of thioether (sulfide) groups is 1. The molecule has 1 aromatic heterocycles. The van der Waals surface area contributed by atoms with Gasteiger partial charge in [0, 0.05) is 28.9 Å². The second kappa shape index (κ2) is 13.4. The number of thiophene rings is 1. The van der Waals surface area contributed by atoms with E-state index in [1.54, 1.807) is 17.9 Å². The van der Waals surface area contributed by atoms with Crippen LogP contribution < -0.4 is 10.6 Å². The van der Waals surface area contributed by atoms with Gasteiger partial charge in [0.05, 0.1) is 18.7 Å². The molecule has 9 nitrogen and oxygen atoms in total. The van der Waals surface area contributed by atoms with Crippen molar-refractivity contribution < 1.29 is 28.7 Å². The maximum Gasteiger partial charge on any atom is 0.410 e. The molecule has 2 aromatic carbocycles. The van der Waals surface area contributed by atoms with Crippen LogP contribution in [-0.4, -0.2) is 47.5 Å². The Hall–Kier alpha value is -3.83. The van der Waals surface area contributed by atoms with Gasteiger partial charge in [0.15, 0.2) is 0 Å². The summed E-state index contributed by atoms with van der Waals surface area (Å²) < 4.78 is 10.9. The predicted molar refractivity (Wildman–Crippen MR) is 165 cm³/mol. The van der Waals surface area contributed by atoms with E-state index in [1.165, 1.54) is 30.0 Å². The third-order valence-electron chi connectivity index (χ3n) is 6.17. The van der Waals surface area contributed by atoms with E-state index in [9.17, 15) is 19.2 Å². The Morgan fingerprint density at radius 2 is 1.79 bits per heavy atom. The lowest BCUT2D eigenvalue weighted by Crippen LogP contribution is -2.39. The molecule has 1 atom stereocenters. The second-order valence-corrected chi connectivity index (χ2v) is 13.0. The number of esters is 1. The summed E-state index contributed by atoms with van der Waals surface area (Å²) >= 11 is 2.61. The maximum atomic E-state index is 13.9. The lowest BCUT2D eigenvalue weighted by Gasteiger charge is -2.30. The van der Waals surface area contributed by atoms with Crippen LogP contribution in [0.3, 0.4) is 0 Å². The summed E-state index contributed by atoms with van der Waals surface area (Å²) in [5.74, 6) is -1.01. The number of hydrogen-bond acceptors (Lipinski definition) is 8. The molecule has 222 valence electrons. The number of ether oxygens (including phenoxy) is 2. The zero-order valence-electron chi connectivity index (χ0n) is 24.3. The quantitative estimate of drug-likeness (QED) is 0.217. The molecule has 0 radical (unpaired) electrons. The number of carbonyl (C=O) groups excluding carboxylic acids is 4. The van der Waals surface area contributed by atoms with Crippen LogP contribution in [0.15, 0.2) is 59.5 Å². The van der Waals surface area contributed by atoms with Gasteiger partial charge < -0.3 is 25.0 Å². The van der Waals surface area contributed by atoms with E-state index in [0.717, 1.165) is 20.9 Å². The van der Waals surface area contributed by atoms with E-state index < -0.39 is 22.9 Å². The summed E-state index contributed by atoms with van der Waals surface area (Å²) in [5.41, 5.74) is 1.89. The number of benzene rings is 2. The van der Waals surface area contributed by atoms with Crippen molar-refractivity contribution in [1.82, 2.24) is 4.90 Å². The van der Waals surface area contributed by atoms with Crippen molar-refractivity contribution in [3.63, 3.8) is 0 Å². The Labute approximate surface area is 254 Å². The highest BCUT2D eigenvalue weighted by atomic mass is 32.2. The molecule has 0 aliphatic carbocycles. The largest absolute Gasteiger partial charge is 0.462 e. The minimum absolute atomic E-state index is 0.187. The average Bonchev–Trinajstić information content (AvgIpc) is 3.28. The zero-order valence-corrected chi connectivity index (χ0v) is 25.9. The van der Waals surface area contributed by atoms with Gasteiger partial charge in [-0.25, -0.2) is 9.59 Å². The molecule has 4 rings (SSSR count). The van der Waals surface area contributed by atoms with E-state index in [2.05, 4.69) is 10.6 Å². The summed E-state index contributed by atoms with van der Waals surface area (Å²) in [6.45, 7) is 9.45. The molecule has 0 spiro atoms. The highest BCUT2D eigenvalue weighted by molar-refractivity contribution is 8.00. The number of nitrogens with zero attached hydrogens (tertiary/aromatic N) is 1. The van der Waals surface area contributed by atoms with Crippen molar-refractivity contribution in [3.05, 3.63) is 76.2 Å². The van der Waals surface area contributed by atoms with Crippen LogP contribution >= 0.6 is 23.1 Å². The fourth-order valence-electron chi connectivity index (χ4n) is 4.46. The number of rotatable bonds is 8. The number of hydrogen-bond donors (Lipinski definition) is 2. The molecule has 0 fully saturated rings. The third-order valence-corrected chi connectivity index (χ3v) is 8.55. The van der Waals surface area contributed by atoms with Gasteiger partial charge in [-0.2, -0.15) is 0 Å². The van der Waals surface area contributed by atoms with E-state index in [4.69, 9.17) is 9.47 Å². The Morgan fingerprint density at radius 3 is 2.45 bits per heavy atom. The van der Waals surface area contributed by atoms with E-state index >= 15 is 0 Å². The highest BCUT2D eigenvalue weighted by Crippen LogP contribution is 2.41. The maximum absolute atomic E-state index is 13.9. The zero-order chi connectivity index (χ0) is 30.4. The summed E-state index contributed by atoms with van der Waals surface area (Å²) in [6, 6.07) is 16.6. The number of anilines is 2. The van der Waals surface area contributed by atoms with Crippen LogP contribution in [0.25, 0.3) is 0 Å². The Balaban J connectivity index is 1.64. The Bertz CT molecular complexity index is 1470. The molecular weight excluding hydrogens is 574 g/mol. The third kappa shape index (κ3) is 7.92. The van der Waals surface area contributed by atoms with Crippen molar-refractivity contribution in [3.8, 4) is 0 Å². The summed E-state index contributed by atoms with van der Waals surface area (Å²) in [4.78, 5) is 54.6. The van der Waals surface area contributed by atoms with Gasteiger partial charge in [-0.05, 0) is 63.4 Å². The summed E-state index contributed by atoms with van der Waals surface area (Å²) in [6.07, 6.45) is 0.00823. The summed E-state index contributed by atoms with van der Waals surface area (Å²) in [7, 11) is 0. The van der Waals surface area contributed by atoms with Crippen LogP contribution in [0.4, 0.5) is 15.5 Å². The van der Waals surface area contributed by atoms with E-state index in [0.29, 0.717) is 29.2 Å². The number of fused-ring (bicyclic) bond motifs is 1. The number of nitrogens with one attached hydrogen (secondary N) is 2. The van der Waals surface area contributed by atoms with Crippen molar-refractivity contribution in [2.24, 2.45) is 0 Å². The van der Waals surface area contributed by atoms with Gasteiger partial charge in [0.1, 0.15) is 15.9 Å². The van der Waals surface area contributed by atoms with Gasteiger partial charge in [-0.15, -0.1) is 23.1 Å². The molecule has 1 unspecified atom stereocenters. The van der Waals surface area contributed by atoms with Crippen LogP contribution in [0.5, 0.6) is 0 Å². The first kappa shape index (κ1) is 31.1. The number of amides is 3. The van der Waals surface area contributed by atoms with Gasteiger partial charge in [-0.3, -0.25) is 9.59 Å². The summed E-state index contributed by atoms with van der Waals surface area (Å²) in [5, 5.41) is 5.51. The van der Waals surface area contributed by atoms with E-state index in [1.807, 2.05) is 69.3 Å². The number of carbonyl (C=O) groups is 4. The van der Waals surface area contributed by atoms with Gasteiger partial charge in [0.25, 0.3) is 0 Å². The Morgan fingerprint density at radius 1 is 1.05 bits per heavy atom. The molecule has 2 heterocycles. The van der Waals surface area contributed by atoms with Crippen LogP contribution in [0, 0.1) is 0 Å². The van der Waals surface area contributed by atoms with Gasteiger partial charge >= 0.3 is 12.1 Å². The van der Waals surface area contributed by atoms with Crippen LogP contribution in [-0.2, 0) is 32.0 Å². The molecule has 1 aliphatic heterocycles. The molecule has 11 heteroatoms. The first-order chi connectivity index (χ1) is 19.9. The second-order valence-electron chi connectivity index (χ2n) is 10.7. The van der Waals surface area contributed by atoms with Gasteiger partial charge in [-0.1, -0.05) is 36.4 Å². The molecular formula is C31H35N3O6S2. The van der Waals surface area contributed by atoms with Gasteiger partial charge in [0.2, 0.25) is 11.8 Å². The topological polar surface area (TPSA) is 114 Å². The highest BCUT2D eigenvalue weighted by Gasteiger charge is 2.34. The van der Waals surface area contributed by atoms with Crippen molar-refractivity contribution >= 4 is 57.7 Å². The van der Waals surface area contributed by atoms with Crippen molar-refractivity contribution in [2.45, 2.75) is 63.3 Å². The molecule has 1 aliphatic rings. The van der Waals surface area contributed by atoms with Crippen LogP contribution in [0.1, 0.15) is 66.2 Å². The average molecular weight is 610 g/mol. The first-order valence-electron chi connectivity index (χ1n) is 13.6. The standard InChI is InChI=1S/C31H35N3O6S2/c1-6-39-29(37)25-23-15-16-34(30(38)40-31(3,4)5)18-24(23)42-28(25)33-27(36)26(20-11-8-7-9-12-20)41-22-14-10-13-21(17-22)32-19(2)35/h7-14,17,26H,6,15-16,18H2,1-5H3,(H,32,35)(H,33,36).